The number of anilines is 1. The standard InChI is InChI=1S/C23H22ClN5OS/c24-21-20(16-14-25-29-13-7-6-12-19(16)29)28-23(31-21)22(30)27-18-11-5-4-10-17(18)26-15-8-2-1-3-9-15/h1-3,6-9,12-14,17-18,26H,4-5,10-11H2,(H,27,30). The highest BCUT2D eigenvalue weighted by Gasteiger charge is 2.28. The van der Waals surface area contributed by atoms with Crippen LogP contribution in [0.5, 0.6) is 0 Å². The van der Waals surface area contributed by atoms with Crippen molar-refractivity contribution in [3.63, 3.8) is 0 Å². The summed E-state index contributed by atoms with van der Waals surface area (Å²) in [5.74, 6) is -0.179. The zero-order valence-corrected chi connectivity index (χ0v) is 18.4. The number of nitrogens with one attached hydrogen (secondary N) is 2. The van der Waals surface area contributed by atoms with Crippen LogP contribution in [0.15, 0.2) is 60.9 Å². The summed E-state index contributed by atoms with van der Waals surface area (Å²) < 4.78 is 2.26. The lowest BCUT2D eigenvalue weighted by Gasteiger charge is -2.33. The number of hydrogen-bond acceptors (Lipinski definition) is 5. The summed E-state index contributed by atoms with van der Waals surface area (Å²) in [5, 5.41) is 11.5. The van der Waals surface area contributed by atoms with E-state index in [9.17, 15) is 4.79 Å². The zero-order chi connectivity index (χ0) is 21.2. The lowest BCUT2D eigenvalue weighted by atomic mass is 9.90. The third-order valence-electron chi connectivity index (χ3n) is 5.67. The predicted molar refractivity (Wildman–Crippen MR) is 125 cm³/mol. The van der Waals surface area contributed by atoms with Gasteiger partial charge in [0.2, 0.25) is 0 Å². The number of amides is 1. The molecule has 1 aliphatic rings. The first-order chi connectivity index (χ1) is 15.2. The van der Waals surface area contributed by atoms with Crippen LogP contribution in [-0.4, -0.2) is 32.6 Å². The lowest BCUT2D eigenvalue weighted by molar-refractivity contribution is 0.0923. The first kappa shape index (κ1) is 20.0. The predicted octanol–water partition coefficient (Wildman–Crippen LogP) is 5.26. The molecule has 1 saturated carbocycles. The smallest absolute Gasteiger partial charge is 0.280 e. The van der Waals surface area contributed by atoms with Crippen molar-refractivity contribution in [2.75, 3.05) is 5.32 Å². The Kier molecular flexibility index (Phi) is 5.61. The molecular weight excluding hydrogens is 430 g/mol. The number of nitrogens with zero attached hydrogens (tertiary/aromatic N) is 3. The maximum Gasteiger partial charge on any atom is 0.280 e. The van der Waals surface area contributed by atoms with Crippen LogP contribution >= 0.6 is 22.9 Å². The third-order valence-corrected chi connectivity index (χ3v) is 6.92. The fourth-order valence-corrected chi connectivity index (χ4v) is 5.21. The van der Waals surface area contributed by atoms with Crippen LogP contribution in [0.4, 0.5) is 5.69 Å². The Morgan fingerprint density at radius 3 is 2.68 bits per heavy atom. The number of halogens is 1. The fourth-order valence-electron chi connectivity index (χ4n) is 4.14. The Hall–Kier alpha value is -2.90. The maximum absolute atomic E-state index is 13.0. The molecule has 1 aliphatic carbocycles. The highest BCUT2D eigenvalue weighted by atomic mass is 35.5. The van der Waals surface area contributed by atoms with Crippen LogP contribution in [-0.2, 0) is 0 Å². The van der Waals surface area contributed by atoms with Crippen molar-refractivity contribution >= 4 is 40.0 Å². The van der Waals surface area contributed by atoms with E-state index in [-0.39, 0.29) is 18.0 Å². The second-order valence-corrected chi connectivity index (χ2v) is 9.31. The number of carbonyl (C=O) groups excluding carboxylic acids is 1. The van der Waals surface area contributed by atoms with Gasteiger partial charge in [-0.3, -0.25) is 4.79 Å². The summed E-state index contributed by atoms with van der Waals surface area (Å²) in [4.78, 5) is 17.6. The van der Waals surface area contributed by atoms with Gasteiger partial charge < -0.3 is 10.6 Å². The molecule has 1 amide bonds. The van der Waals surface area contributed by atoms with Crippen molar-refractivity contribution in [3.8, 4) is 11.3 Å². The van der Waals surface area contributed by atoms with E-state index in [1.54, 1.807) is 10.7 Å². The van der Waals surface area contributed by atoms with Gasteiger partial charge in [-0.05, 0) is 37.1 Å². The van der Waals surface area contributed by atoms with Gasteiger partial charge in [0.1, 0.15) is 10.0 Å². The number of benzene rings is 1. The molecular formula is C23H22ClN5OS. The van der Waals surface area contributed by atoms with E-state index in [2.05, 4.69) is 32.8 Å². The summed E-state index contributed by atoms with van der Waals surface area (Å²) >= 11 is 7.69. The van der Waals surface area contributed by atoms with Crippen molar-refractivity contribution in [2.24, 2.45) is 0 Å². The second kappa shape index (κ2) is 8.69. The van der Waals surface area contributed by atoms with Gasteiger partial charge in [0.25, 0.3) is 5.91 Å². The minimum absolute atomic E-state index is 0.0459. The topological polar surface area (TPSA) is 71.3 Å². The molecule has 8 heteroatoms. The van der Waals surface area contributed by atoms with E-state index in [0.717, 1.165) is 42.5 Å². The van der Waals surface area contributed by atoms with Crippen LogP contribution in [0.25, 0.3) is 16.8 Å². The van der Waals surface area contributed by atoms with E-state index in [4.69, 9.17) is 11.6 Å². The second-order valence-electron chi connectivity index (χ2n) is 7.71. The maximum atomic E-state index is 13.0. The summed E-state index contributed by atoms with van der Waals surface area (Å²) in [7, 11) is 0. The third kappa shape index (κ3) is 4.16. The highest BCUT2D eigenvalue weighted by Crippen LogP contribution is 2.35. The van der Waals surface area contributed by atoms with E-state index in [1.165, 1.54) is 11.3 Å². The minimum Gasteiger partial charge on any atom is -0.380 e. The molecule has 0 radical (unpaired) electrons. The lowest BCUT2D eigenvalue weighted by Crippen LogP contribution is -2.48. The van der Waals surface area contributed by atoms with Crippen LogP contribution < -0.4 is 10.6 Å². The van der Waals surface area contributed by atoms with E-state index in [1.807, 2.05) is 42.6 Å². The molecule has 4 aromatic rings. The van der Waals surface area contributed by atoms with E-state index >= 15 is 0 Å². The van der Waals surface area contributed by atoms with E-state index < -0.39 is 0 Å². The summed E-state index contributed by atoms with van der Waals surface area (Å²) in [6.45, 7) is 0. The number of aromatic nitrogens is 3. The Bertz CT molecular complexity index is 1210. The number of thiazole rings is 1. The molecule has 0 spiro atoms. The first-order valence-electron chi connectivity index (χ1n) is 10.4. The summed E-state index contributed by atoms with van der Waals surface area (Å²) in [5.41, 5.74) is 3.39. The molecule has 1 aromatic carbocycles. The van der Waals surface area contributed by atoms with Gasteiger partial charge in [0, 0.05) is 29.5 Å². The number of carbonyl (C=O) groups is 1. The quantitative estimate of drug-likeness (QED) is 0.434. The molecule has 158 valence electrons. The summed E-state index contributed by atoms with van der Waals surface area (Å²) in [6, 6.07) is 16.2. The SMILES string of the molecule is O=C(NC1CCCCC1Nc1ccccc1)c1nc(-c2cnn3ccccc23)c(Cl)s1. The molecule has 1 fully saturated rings. The number of rotatable bonds is 5. The van der Waals surface area contributed by atoms with Gasteiger partial charge in [-0.1, -0.05) is 60.0 Å². The molecule has 2 atom stereocenters. The Morgan fingerprint density at radius 2 is 1.84 bits per heavy atom. The monoisotopic (exact) mass is 451 g/mol. The van der Waals surface area contributed by atoms with Gasteiger partial charge >= 0.3 is 0 Å². The van der Waals surface area contributed by atoms with Gasteiger partial charge in [0.15, 0.2) is 5.01 Å². The molecule has 5 rings (SSSR count). The van der Waals surface area contributed by atoms with Gasteiger partial charge in [-0.15, -0.1) is 0 Å². The van der Waals surface area contributed by atoms with Crippen LogP contribution in [0.2, 0.25) is 4.34 Å². The molecule has 2 N–H and O–H groups in total. The van der Waals surface area contributed by atoms with Gasteiger partial charge in [0.05, 0.1) is 11.7 Å². The van der Waals surface area contributed by atoms with Gasteiger partial charge in [-0.25, -0.2) is 9.50 Å². The van der Waals surface area contributed by atoms with Crippen molar-refractivity contribution in [2.45, 2.75) is 37.8 Å². The number of para-hydroxylation sites is 1. The van der Waals surface area contributed by atoms with Crippen LogP contribution in [0.1, 0.15) is 35.5 Å². The first-order valence-corrected chi connectivity index (χ1v) is 11.6. The number of fused-ring (bicyclic) bond motifs is 1. The van der Waals surface area contributed by atoms with Crippen LogP contribution in [0.3, 0.4) is 0 Å². The average molecular weight is 452 g/mol. The molecule has 6 nitrogen and oxygen atoms in total. The number of pyridine rings is 1. The Labute approximate surface area is 189 Å². The van der Waals surface area contributed by atoms with Crippen molar-refractivity contribution in [3.05, 3.63) is 70.3 Å². The average Bonchev–Trinajstić information content (AvgIpc) is 3.39. The molecule has 2 unspecified atom stereocenters. The Morgan fingerprint density at radius 1 is 1.06 bits per heavy atom. The van der Waals surface area contributed by atoms with Crippen molar-refractivity contribution in [1.82, 2.24) is 19.9 Å². The van der Waals surface area contributed by atoms with E-state index in [0.29, 0.717) is 15.0 Å². The largest absolute Gasteiger partial charge is 0.380 e. The molecule has 3 aromatic heterocycles. The number of hydrogen-bond donors (Lipinski definition) is 2. The Balaban J connectivity index is 1.35. The fraction of sp³-hybridized carbons (Fsp3) is 0.261. The van der Waals surface area contributed by atoms with Crippen molar-refractivity contribution < 1.29 is 4.79 Å². The minimum atomic E-state index is -0.179. The van der Waals surface area contributed by atoms with Gasteiger partial charge in [-0.2, -0.15) is 5.10 Å². The highest BCUT2D eigenvalue weighted by molar-refractivity contribution is 7.18. The normalized spacial score (nSPS) is 18.7. The summed E-state index contributed by atoms with van der Waals surface area (Å²) in [6.07, 6.45) is 7.82. The van der Waals surface area contributed by atoms with Crippen LogP contribution in [0, 0.1) is 0 Å². The molecule has 0 bridgehead atoms. The molecule has 3 heterocycles. The molecule has 31 heavy (non-hydrogen) atoms. The zero-order valence-electron chi connectivity index (χ0n) is 16.8. The molecule has 0 saturated heterocycles. The molecule has 0 aliphatic heterocycles. The van der Waals surface area contributed by atoms with Crippen molar-refractivity contribution in [1.29, 1.82) is 0 Å².